The highest BCUT2D eigenvalue weighted by Crippen LogP contribution is 2.58. The lowest BCUT2D eigenvalue weighted by atomic mass is 9.90. The van der Waals surface area contributed by atoms with E-state index in [9.17, 15) is 4.79 Å². The van der Waals surface area contributed by atoms with Crippen LogP contribution in [0.25, 0.3) is 0 Å². The maximum absolute atomic E-state index is 11.1. The number of esters is 1. The SMILES string of the molecule is C=C[C@@H]1[C@@H]2c3ccccc3[C@H]1C[C@H]2OC(C)=O. The van der Waals surface area contributed by atoms with Crippen LogP contribution in [-0.4, -0.2) is 12.1 Å². The Morgan fingerprint density at radius 3 is 2.76 bits per heavy atom. The van der Waals surface area contributed by atoms with Crippen LogP contribution in [0.5, 0.6) is 0 Å². The van der Waals surface area contributed by atoms with E-state index >= 15 is 0 Å². The summed E-state index contributed by atoms with van der Waals surface area (Å²) < 4.78 is 5.45. The van der Waals surface area contributed by atoms with Crippen LogP contribution >= 0.6 is 0 Å². The van der Waals surface area contributed by atoms with Crippen molar-refractivity contribution in [2.45, 2.75) is 31.3 Å². The van der Waals surface area contributed by atoms with Gasteiger partial charge in [0.25, 0.3) is 0 Å². The van der Waals surface area contributed by atoms with Gasteiger partial charge in [0.2, 0.25) is 0 Å². The second kappa shape index (κ2) is 3.73. The highest BCUT2D eigenvalue weighted by molar-refractivity contribution is 5.66. The number of hydrogen-bond donors (Lipinski definition) is 0. The molecule has 1 aromatic carbocycles. The third kappa shape index (κ3) is 1.43. The third-order valence-corrected chi connectivity index (χ3v) is 4.11. The van der Waals surface area contributed by atoms with Crippen molar-refractivity contribution in [3.63, 3.8) is 0 Å². The van der Waals surface area contributed by atoms with E-state index in [1.807, 2.05) is 6.08 Å². The Labute approximate surface area is 101 Å². The van der Waals surface area contributed by atoms with E-state index in [4.69, 9.17) is 4.74 Å². The summed E-state index contributed by atoms with van der Waals surface area (Å²) in [6.45, 7) is 5.43. The van der Waals surface area contributed by atoms with Gasteiger partial charge in [0.1, 0.15) is 6.10 Å². The molecule has 0 aromatic heterocycles. The molecule has 1 aromatic rings. The largest absolute Gasteiger partial charge is 0.462 e. The number of carbonyl (C=O) groups is 1. The van der Waals surface area contributed by atoms with Crippen LogP contribution in [0.1, 0.15) is 36.3 Å². The van der Waals surface area contributed by atoms with E-state index in [1.165, 1.54) is 18.1 Å². The van der Waals surface area contributed by atoms with Crippen LogP contribution < -0.4 is 0 Å². The average Bonchev–Trinajstić information content (AvgIpc) is 2.80. The van der Waals surface area contributed by atoms with Gasteiger partial charge in [0.05, 0.1) is 0 Å². The van der Waals surface area contributed by atoms with E-state index in [0.717, 1.165) is 6.42 Å². The molecule has 0 heterocycles. The molecule has 0 radical (unpaired) electrons. The summed E-state index contributed by atoms with van der Waals surface area (Å²) in [7, 11) is 0. The molecule has 0 spiro atoms. The molecular weight excluding hydrogens is 212 g/mol. The van der Waals surface area contributed by atoms with Gasteiger partial charge in [-0.1, -0.05) is 30.3 Å². The van der Waals surface area contributed by atoms with Crippen LogP contribution in [-0.2, 0) is 9.53 Å². The molecule has 4 atom stereocenters. The Hall–Kier alpha value is -1.57. The smallest absolute Gasteiger partial charge is 0.302 e. The predicted octanol–water partition coefficient (Wildman–Crippen LogP) is 3.01. The molecule has 2 aliphatic rings. The topological polar surface area (TPSA) is 26.3 Å². The Bertz CT molecular complexity index is 478. The number of carbonyl (C=O) groups excluding carboxylic acids is 1. The molecule has 0 saturated heterocycles. The summed E-state index contributed by atoms with van der Waals surface area (Å²) >= 11 is 0. The fraction of sp³-hybridized carbons (Fsp3) is 0.400. The lowest BCUT2D eigenvalue weighted by Crippen LogP contribution is -2.22. The van der Waals surface area contributed by atoms with Gasteiger partial charge >= 0.3 is 5.97 Å². The van der Waals surface area contributed by atoms with Gasteiger partial charge in [0.15, 0.2) is 0 Å². The van der Waals surface area contributed by atoms with E-state index in [1.54, 1.807) is 0 Å². The molecule has 2 heteroatoms. The molecule has 1 fully saturated rings. The van der Waals surface area contributed by atoms with E-state index in [2.05, 4.69) is 30.8 Å². The van der Waals surface area contributed by atoms with Crippen molar-refractivity contribution in [1.29, 1.82) is 0 Å². The summed E-state index contributed by atoms with van der Waals surface area (Å²) in [5, 5.41) is 0. The van der Waals surface area contributed by atoms with Crippen molar-refractivity contribution in [2.75, 3.05) is 0 Å². The average molecular weight is 228 g/mol. The lowest BCUT2D eigenvalue weighted by molar-refractivity contribution is -0.147. The molecular formula is C15H16O2. The third-order valence-electron chi connectivity index (χ3n) is 4.11. The minimum absolute atomic E-state index is 0.0374. The van der Waals surface area contributed by atoms with E-state index in [0.29, 0.717) is 17.8 Å². The monoisotopic (exact) mass is 228 g/mol. The Morgan fingerprint density at radius 1 is 1.41 bits per heavy atom. The minimum Gasteiger partial charge on any atom is -0.462 e. The zero-order valence-electron chi connectivity index (χ0n) is 9.93. The second-order valence-corrected chi connectivity index (χ2v) is 4.96. The maximum Gasteiger partial charge on any atom is 0.302 e. The standard InChI is InChI=1S/C15H16O2/c1-3-10-13-8-14(17-9(2)16)15(10)12-7-5-4-6-11(12)13/h3-7,10,13-15H,1,8H2,2H3/t10-,13-,14+,15+/m0/s1. The molecule has 2 aliphatic carbocycles. The van der Waals surface area contributed by atoms with Crippen LogP contribution in [0.3, 0.4) is 0 Å². The number of rotatable bonds is 2. The first kappa shape index (κ1) is 10.6. The molecule has 2 nitrogen and oxygen atoms in total. The van der Waals surface area contributed by atoms with E-state index in [-0.39, 0.29) is 12.1 Å². The second-order valence-electron chi connectivity index (χ2n) is 4.96. The summed E-state index contributed by atoms with van der Waals surface area (Å²) in [6, 6.07) is 8.50. The van der Waals surface area contributed by atoms with Crippen molar-refractivity contribution in [3.05, 3.63) is 48.0 Å². The Kier molecular flexibility index (Phi) is 2.32. The Balaban J connectivity index is 2.00. The van der Waals surface area contributed by atoms with Gasteiger partial charge in [-0.3, -0.25) is 4.79 Å². The van der Waals surface area contributed by atoms with Crippen molar-refractivity contribution in [3.8, 4) is 0 Å². The highest BCUT2D eigenvalue weighted by Gasteiger charge is 2.51. The molecule has 3 rings (SSSR count). The molecule has 0 aliphatic heterocycles. The summed E-state index contributed by atoms with van der Waals surface area (Å²) in [6.07, 6.45) is 3.01. The molecule has 1 saturated carbocycles. The van der Waals surface area contributed by atoms with Gasteiger partial charge < -0.3 is 4.74 Å². The maximum atomic E-state index is 11.1. The van der Waals surface area contributed by atoms with Gasteiger partial charge in [-0.05, 0) is 29.4 Å². The van der Waals surface area contributed by atoms with Crippen LogP contribution in [0.2, 0.25) is 0 Å². The first-order valence-electron chi connectivity index (χ1n) is 6.11. The Morgan fingerprint density at radius 2 is 2.12 bits per heavy atom. The van der Waals surface area contributed by atoms with Gasteiger partial charge in [-0.15, -0.1) is 6.58 Å². The zero-order chi connectivity index (χ0) is 12.0. The molecule has 2 bridgehead atoms. The molecule has 0 amide bonds. The number of ether oxygens (including phenoxy) is 1. The van der Waals surface area contributed by atoms with Crippen molar-refractivity contribution in [1.82, 2.24) is 0 Å². The number of hydrogen-bond acceptors (Lipinski definition) is 2. The van der Waals surface area contributed by atoms with Gasteiger partial charge in [-0.2, -0.15) is 0 Å². The van der Waals surface area contributed by atoms with Crippen LogP contribution in [0.4, 0.5) is 0 Å². The molecule has 0 N–H and O–H groups in total. The van der Waals surface area contributed by atoms with E-state index < -0.39 is 0 Å². The van der Waals surface area contributed by atoms with Crippen LogP contribution in [0.15, 0.2) is 36.9 Å². The lowest BCUT2D eigenvalue weighted by Gasteiger charge is -2.24. The number of fused-ring (bicyclic) bond motifs is 5. The normalized spacial score (nSPS) is 33.2. The van der Waals surface area contributed by atoms with Crippen LogP contribution in [0, 0.1) is 5.92 Å². The number of allylic oxidation sites excluding steroid dienone is 1. The molecule has 88 valence electrons. The highest BCUT2D eigenvalue weighted by atomic mass is 16.5. The zero-order valence-corrected chi connectivity index (χ0v) is 9.93. The molecule has 17 heavy (non-hydrogen) atoms. The summed E-state index contributed by atoms with van der Waals surface area (Å²) in [5.41, 5.74) is 2.77. The minimum atomic E-state index is -0.178. The van der Waals surface area contributed by atoms with Gasteiger partial charge in [0, 0.05) is 12.8 Å². The quantitative estimate of drug-likeness (QED) is 0.574. The summed E-state index contributed by atoms with van der Waals surface area (Å²) in [4.78, 5) is 11.1. The molecule has 0 unspecified atom stereocenters. The van der Waals surface area contributed by atoms with Crippen molar-refractivity contribution >= 4 is 5.97 Å². The fourth-order valence-electron chi connectivity index (χ4n) is 3.59. The van der Waals surface area contributed by atoms with Crippen molar-refractivity contribution < 1.29 is 9.53 Å². The first-order valence-corrected chi connectivity index (χ1v) is 6.11. The number of benzene rings is 1. The van der Waals surface area contributed by atoms with Crippen molar-refractivity contribution in [2.24, 2.45) is 5.92 Å². The summed E-state index contributed by atoms with van der Waals surface area (Å²) in [5.74, 6) is 1.05. The van der Waals surface area contributed by atoms with Gasteiger partial charge in [-0.25, -0.2) is 0 Å². The predicted molar refractivity (Wildman–Crippen MR) is 65.8 cm³/mol. The fourth-order valence-corrected chi connectivity index (χ4v) is 3.59. The first-order chi connectivity index (χ1) is 8.22.